The number of nitrogens with zero attached hydrogens (tertiary/aromatic N) is 1. The van der Waals surface area contributed by atoms with E-state index in [0.717, 1.165) is 18.7 Å². The fraction of sp³-hybridized carbons (Fsp3) is 0.455. The van der Waals surface area contributed by atoms with Gasteiger partial charge in [0.2, 0.25) is 0 Å². The Morgan fingerprint density at radius 1 is 1.47 bits per heavy atom. The molecule has 1 aromatic carbocycles. The van der Waals surface area contributed by atoms with Crippen LogP contribution in [0.25, 0.3) is 0 Å². The molecule has 0 unspecified atom stereocenters. The number of hydrogen-bond acceptors (Lipinski definition) is 2. The maximum absolute atomic E-state index is 9.57. The molecular weight excluding hydrogens is 214 g/mol. The molecule has 2 rings (SSSR count). The highest BCUT2D eigenvalue weighted by Crippen LogP contribution is 2.30. The second-order valence-corrected chi connectivity index (χ2v) is 4.55. The summed E-state index contributed by atoms with van der Waals surface area (Å²) in [6.07, 6.45) is 0.406. The first-order chi connectivity index (χ1) is 7.16. The van der Waals surface area contributed by atoms with Gasteiger partial charge in [0.25, 0.3) is 0 Å². The van der Waals surface area contributed by atoms with Crippen LogP contribution in [0.3, 0.4) is 0 Å². The van der Waals surface area contributed by atoms with Gasteiger partial charge in [-0.15, -0.1) is 0 Å². The van der Waals surface area contributed by atoms with Gasteiger partial charge in [-0.05, 0) is 12.1 Å². The monoisotopic (exact) mass is 228 g/mol. The predicted molar refractivity (Wildman–Crippen MR) is 60.7 cm³/mol. The summed E-state index contributed by atoms with van der Waals surface area (Å²) in [5, 5.41) is 19.7. The Kier molecular flexibility index (Phi) is 2.98. The van der Waals surface area contributed by atoms with E-state index in [0.29, 0.717) is 16.1 Å². The first-order valence-corrected chi connectivity index (χ1v) is 5.45. The van der Waals surface area contributed by atoms with Gasteiger partial charge in [0.1, 0.15) is 18.3 Å². The number of hydrogen-bond donors (Lipinski definition) is 2. The van der Waals surface area contributed by atoms with Gasteiger partial charge in [-0.3, -0.25) is 4.48 Å². The van der Waals surface area contributed by atoms with Crippen molar-refractivity contribution in [1.29, 1.82) is 0 Å². The van der Waals surface area contributed by atoms with Crippen molar-refractivity contribution in [3.8, 4) is 0 Å². The number of halogens is 1. The third kappa shape index (κ3) is 2.01. The van der Waals surface area contributed by atoms with E-state index in [1.807, 2.05) is 24.3 Å². The third-order valence-electron chi connectivity index (χ3n) is 3.08. The molecule has 2 N–H and O–H groups in total. The highest BCUT2D eigenvalue weighted by atomic mass is 35.5. The van der Waals surface area contributed by atoms with E-state index in [4.69, 9.17) is 11.6 Å². The van der Waals surface area contributed by atoms with Crippen molar-refractivity contribution in [2.24, 2.45) is 0 Å². The highest BCUT2D eigenvalue weighted by molar-refractivity contribution is 6.30. The maximum atomic E-state index is 9.57. The van der Waals surface area contributed by atoms with Crippen LogP contribution in [0.2, 0.25) is 5.02 Å². The second kappa shape index (κ2) is 4.10. The van der Waals surface area contributed by atoms with Crippen LogP contribution in [0, 0.1) is 0 Å². The second-order valence-electron chi connectivity index (χ2n) is 4.12. The molecule has 0 amide bonds. The van der Waals surface area contributed by atoms with Gasteiger partial charge in [0.15, 0.2) is 6.73 Å². The van der Waals surface area contributed by atoms with E-state index in [9.17, 15) is 10.2 Å². The number of rotatable bonds is 2. The van der Waals surface area contributed by atoms with E-state index in [1.54, 1.807) is 0 Å². The maximum Gasteiger partial charge on any atom is 0.185 e. The molecule has 0 saturated carbocycles. The van der Waals surface area contributed by atoms with E-state index in [-0.39, 0.29) is 12.8 Å². The Morgan fingerprint density at radius 3 is 2.80 bits per heavy atom. The van der Waals surface area contributed by atoms with Crippen molar-refractivity contribution >= 4 is 17.3 Å². The van der Waals surface area contributed by atoms with Gasteiger partial charge < -0.3 is 10.2 Å². The van der Waals surface area contributed by atoms with Crippen molar-refractivity contribution in [1.82, 2.24) is 4.48 Å². The number of aliphatic hydroxyl groups excluding tert-OH is 2. The van der Waals surface area contributed by atoms with Crippen LogP contribution in [0.15, 0.2) is 24.3 Å². The average Bonchev–Trinajstić information content (AvgIpc) is 2.61. The minimum absolute atomic E-state index is 0.0113. The fourth-order valence-corrected chi connectivity index (χ4v) is 2.38. The van der Waals surface area contributed by atoms with Crippen molar-refractivity contribution < 1.29 is 10.2 Å². The smallest absolute Gasteiger partial charge is 0.185 e. The normalized spacial score (nSPS) is 30.7. The molecule has 15 heavy (non-hydrogen) atoms. The zero-order chi connectivity index (χ0) is 10.9. The molecule has 1 heterocycles. The number of likely N-dealkylation sites (tertiary alicyclic amines) is 1. The molecule has 3 nitrogen and oxygen atoms in total. The summed E-state index contributed by atoms with van der Waals surface area (Å²) in [5.74, 6) is 0. The highest BCUT2D eigenvalue weighted by Gasteiger charge is 2.38. The molecule has 1 aromatic rings. The molecule has 2 atom stereocenters. The Hall–Kier alpha value is -0.610. The van der Waals surface area contributed by atoms with E-state index >= 15 is 0 Å². The van der Waals surface area contributed by atoms with Crippen LogP contribution in [0.1, 0.15) is 6.42 Å². The van der Waals surface area contributed by atoms with Crippen molar-refractivity contribution in [3.05, 3.63) is 29.3 Å². The van der Waals surface area contributed by atoms with Crippen LogP contribution in [0.4, 0.5) is 5.69 Å². The van der Waals surface area contributed by atoms with Gasteiger partial charge in [-0.2, -0.15) is 0 Å². The largest absolute Gasteiger partial charge is 0.387 e. The first kappa shape index (κ1) is 10.9. The summed E-state index contributed by atoms with van der Waals surface area (Å²) in [6, 6.07) is 7.49. The van der Waals surface area contributed by atoms with Gasteiger partial charge >= 0.3 is 0 Å². The molecule has 4 heteroatoms. The number of benzene rings is 1. The van der Waals surface area contributed by atoms with Crippen molar-refractivity contribution in [2.45, 2.75) is 12.5 Å². The quantitative estimate of drug-likeness (QED) is 0.751. The molecule has 1 aliphatic heterocycles. The lowest BCUT2D eigenvalue weighted by Gasteiger charge is -2.31. The SMILES string of the molecule is OC[N@@+]1(c2cccc(Cl)c2)CC[C@@H](O)C1. The predicted octanol–water partition coefficient (Wildman–Crippen LogP) is 1.36. The topological polar surface area (TPSA) is 40.5 Å². The molecule has 1 aliphatic rings. The van der Waals surface area contributed by atoms with Crippen LogP contribution in [0.5, 0.6) is 0 Å². The number of quaternary nitrogens is 1. The first-order valence-electron chi connectivity index (χ1n) is 5.07. The molecule has 1 fully saturated rings. The summed E-state index contributed by atoms with van der Waals surface area (Å²) in [7, 11) is 0. The fourth-order valence-electron chi connectivity index (χ4n) is 2.20. The Balaban J connectivity index is 2.34. The Labute approximate surface area is 94.1 Å². The standard InChI is InChI=1S/C11H15ClNO2/c12-9-2-1-3-10(6-9)13(8-14)5-4-11(15)7-13/h1-3,6,11,14-15H,4-5,7-8H2/q+1/t11-,13-/m1/s1. The van der Waals surface area contributed by atoms with E-state index in [2.05, 4.69) is 0 Å². The van der Waals surface area contributed by atoms with Crippen LogP contribution >= 0.6 is 11.6 Å². The summed E-state index contributed by atoms with van der Waals surface area (Å²) in [6.45, 7) is 1.34. The van der Waals surface area contributed by atoms with E-state index < -0.39 is 0 Å². The zero-order valence-electron chi connectivity index (χ0n) is 8.43. The molecule has 0 bridgehead atoms. The summed E-state index contributed by atoms with van der Waals surface area (Å²) in [4.78, 5) is 0. The molecule has 0 aromatic heterocycles. The lowest BCUT2D eigenvalue weighted by molar-refractivity contribution is 0.111. The molecule has 82 valence electrons. The molecule has 0 radical (unpaired) electrons. The number of aliphatic hydroxyl groups is 2. The van der Waals surface area contributed by atoms with Gasteiger partial charge in [0.05, 0.1) is 6.54 Å². The Bertz CT molecular complexity index is 358. The third-order valence-corrected chi connectivity index (χ3v) is 3.31. The van der Waals surface area contributed by atoms with Gasteiger partial charge in [-0.25, -0.2) is 0 Å². The molecule has 0 aliphatic carbocycles. The average molecular weight is 229 g/mol. The Morgan fingerprint density at radius 2 is 2.27 bits per heavy atom. The van der Waals surface area contributed by atoms with Crippen molar-refractivity contribution in [2.75, 3.05) is 19.8 Å². The molecular formula is C11H15ClNO2+. The summed E-state index contributed by atoms with van der Waals surface area (Å²) in [5.41, 5.74) is 0.974. The van der Waals surface area contributed by atoms with Crippen LogP contribution < -0.4 is 4.48 Å². The van der Waals surface area contributed by atoms with Crippen molar-refractivity contribution in [3.63, 3.8) is 0 Å². The molecule has 1 saturated heterocycles. The van der Waals surface area contributed by atoms with Gasteiger partial charge in [0, 0.05) is 17.5 Å². The van der Waals surface area contributed by atoms with E-state index in [1.165, 1.54) is 0 Å². The minimum Gasteiger partial charge on any atom is -0.387 e. The summed E-state index contributed by atoms with van der Waals surface area (Å²) < 4.78 is 0.418. The minimum atomic E-state index is -0.323. The van der Waals surface area contributed by atoms with Crippen LogP contribution in [-0.2, 0) is 0 Å². The zero-order valence-corrected chi connectivity index (χ0v) is 9.19. The lowest BCUT2D eigenvalue weighted by Crippen LogP contribution is -2.48. The van der Waals surface area contributed by atoms with Crippen LogP contribution in [-0.4, -0.2) is 36.1 Å². The van der Waals surface area contributed by atoms with Gasteiger partial charge in [-0.1, -0.05) is 17.7 Å². The molecule has 0 spiro atoms. The summed E-state index contributed by atoms with van der Waals surface area (Å²) >= 11 is 5.92. The lowest BCUT2D eigenvalue weighted by atomic mass is 10.2.